The summed E-state index contributed by atoms with van der Waals surface area (Å²) in [7, 11) is 1.23. The Labute approximate surface area is 86.8 Å². The summed E-state index contributed by atoms with van der Waals surface area (Å²) >= 11 is 0. The molecule has 0 saturated heterocycles. The summed E-state index contributed by atoms with van der Waals surface area (Å²) in [5.41, 5.74) is 5.40. The van der Waals surface area contributed by atoms with Gasteiger partial charge in [0, 0.05) is 0 Å². The lowest BCUT2D eigenvalue weighted by Gasteiger charge is -2.11. The number of rotatable bonds is 4. The zero-order chi connectivity index (χ0) is 11.3. The van der Waals surface area contributed by atoms with Crippen molar-refractivity contribution in [2.75, 3.05) is 13.7 Å². The van der Waals surface area contributed by atoms with E-state index in [1.54, 1.807) is 12.1 Å². The molecule has 0 heterocycles. The molecule has 82 valence electrons. The Morgan fingerprint density at radius 3 is 2.80 bits per heavy atom. The highest BCUT2D eigenvalue weighted by molar-refractivity contribution is 5.75. The lowest BCUT2D eigenvalue weighted by molar-refractivity contribution is -0.142. The van der Waals surface area contributed by atoms with E-state index in [4.69, 9.17) is 10.5 Å². The number of esters is 1. The molecule has 1 atom stereocenters. The molecule has 0 aliphatic heterocycles. The van der Waals surface area contributed by atoms with E-state index in [1.807, 2.05) is 0 Å². The van der Waals surface area contributed by atoms with E-state index < -0.39 is 17.8 Å². The third-order valence-corrected chi connectivity index (χ3v) is 1.76. The lowest BCUT2D eigenvalue weighted by Crippen LogP contribution is -2.37. The minimum Gasteiger partial charge on any atom is -0.488 e. The van der Waals surface area contributed by atoms with E-state index in [0.29, 0.717) is 0 Å². The van der Waals surface area contributed by atoms with E-state index in [2.05, 4.69) is 4.74 Å². The van der Waals surface area contributed by atoms with Crippen molar-refractivity contribution in [1.29, 1.82) is 0 Å². The summed E-state index contributed by atoms with van der Waals surface area (Å²) in [5, 5.41) is 0. The van der Waals surface area contributed by atoms with Gasteiger partial charge in [-0.25, -0.2) is 4.39 Å². The average molecular weight is 213 g/mol. The molecular formula is C10H12FNO3. The third kappa shape index (κ3) is 3.21. The Kier molecular flexibility index (Phi) is 4.05. The number of para-hydroxylation sites is 1. The summed E-state index contributed by atoms with van der Waals surface area (Å²) in [4.78, 5) is 10.9. The quantitative estimate of drug-likeness (QED) is 0.748. The molecule has 0 aliphatic carbocycles. The number of carbonyl (C=O) groups excluding carboxylic acids is 1. The first kappa shape index (κ1) is 11.5. The van der Waals surface area contributed by atoms with E-state index in [1.165, 1.54) is 19.2 Å². The minimum atomic E-state index is -0.908. The van der Waals surface area contributed by atoms with Crippen molar-refractivity contribution in [3.8, 4) is 5.75 Å². The fourth-order valence-electron chi connectivity index (χ4n) is 0.961. The summed E-state index contributed by atoms with van der Waals surface area (Å²) in [6.45, 7) is -0.117. The monoisotopic (exact) mass is 213 g/mol. The molecule has 0 fully saturated rings. The highest BCUT2D eigenvalue weighted by atomic mass is 19.1. The second kappa shape index (κ2) is 5.31. The number of methoxy groups -OCH3 is 1. The van der Waals surface area contributed by atoms with Crippen LogP contribution in [-0.2, 0) is 9.53 Å². The molecule has 0 spiro atoms. The van der Waals surface area contributed by atoms with Crippen LogP contribution >= 0.6 is 0 Å². The van der Waals surface area contributed by atoms with E-state index >= 15 is 0 Å². The molecule has 0 aromatic heterocycles. The van der Waals surface area contributed by atoms with E-state index in [9.17, 15) is 9.18 Å². The minimum absolute atomic E-state index is 0.0665. The molecule has 0 bridgehead atoms. The molecule has 5 heteroatoms. The molecule has 0 unspecified atom stereocenters. The number of nitrogens with two attached hydrogens (primary N) is 1. The van der Waals surface area contributed by atoms with Crippen molar-refractivity contribution in [3.63, 3.8) is 0 Å². The van der Waals surface area contributed by atoms with Gasteiger partial charge in [0.1, 0.15) is 12.6 Å². The van der Waals surface area contributed by atoms with Crippen LogP contribution in [0.5, 0.6) is 5.75 Å². The second-order valence-corrected chi connectivity index (χ2v) is 2.87. The third-order valence-electron chi connectivity index (χ3n) is 1.76. The zero-order valence-corrected chi connectivity index (χ0v) is 8.27. The Balaban J connectivity index is 2.50. The molecule has 1 aromatic carbocycles. The molecule has 1 rings (SSSR count). The van der Waals surface area contributed by atoms with E-state index in [0.717, 1.165) is 0 Å². The molecule has 2 N–H and O–H groups in total. The molecular weight excluding hydrogens is 201 g/mol. The molecule has 0 aliphatic rings. The van der Waals surface area contributed by atoms with Crippen LogP contribution in [0.3, 0.4) is 0 Å². The highest BCUT2D eigenvalue weighted by Gasteiger charge is 2.14. The van der Waals surface area contributed by atoms with Gasteiger partial charge in [-0.2, -0.15) is 0 Å². The van der Waals surface area contributed by atoms with Crippen molar-refractivity contribution in [3.05, 3.63) is 30.1 Å². The number of halogens is 1. The van der Waals surface area contributed by atoms with Gasteiger partial charge in [-0.05, 0) is 12.1 Å². The standard InChI is InChI=1S/C10H12FNO3/c1-14-10(13)8(12)6-15-9-5-3-2-4-7(9)11/h2-5,8H,6,12H2,1H3/t8-/m0/s1. The maximum atomic E-state index is 13.0. The van der Waals surface area contributed by atoms with Crippen LogP contribution in [0.2, 0.25) is 0 Å². The lowest BCUT2D eigenvalue weighted by atomic mass is 10.3. The number of ether oxygens (including phenoxy) is 2. The largest absolute Gasteiger partial charge is 0.488 e. The van der Waals surface area contributed by atoms with Gasteiger partial charge in [-0.3, -0.25) is 4.79 Å². The molecule has 0 amide bonds. The zero-order valence-electron chi connectivity index (χ0n) is 8.27. The Morgan fingerprint density at radius 1 is 1.53 bits per heavy atom. The van der Waals surface area contributed by atoms with Gasteiger partial charge in [0.2, 0.25) is 0 Å². The van der Waals surface area contributed by atoms with Gasteiger partial charge in [0.05, 0.1) is 7.11 Å². The Morgan fingerprint density at radius 2 is 2.20 bits per heavy atom. The Hall–Kier alpha value is -1.62. The smallest absolute Gasteiger partial charge is 0.326 e. The fraction of sp³-hybridized carbons (Fsp3) is 0.300. The van der Waals surface area contributed by atoms with Crippen LogP contribution in [0.1, 0.15) is 0 Å². The van der Waals surface area contributed by atoms with E-state index in [-0.39, 0.29) is 12.4 Å². The van der Waals surface area contributed by atoms with Crippen molar-refractivity contribution in [1.82, 2.24) is 0 Å². The number of hydrogen-bond acceptors (Lipinski definition) is 4. The Bertz CT molecular complexity index is 343. The first-order valence-electron chi connectivity index (χ1n) is 4.36. The first-order valence-corrected chi connectivity index (χ1v) is 4.36. The predicted molar refractivity (Wildman–Crippen MR) is 51.9 cm³/mol. The maximum absolute atomic E-state index is 13.0. The summed E-state index contributed by atoms with van der Waals surface area (Å²) < 4.78 is 22.5. The summed E-state index contributed by atoms with van der Waals surface area (Å²) in [6.07, 6.45) is 0. The van der Waals surface area contributed by atoms with Gasteiger partial charge in [0.25, 0.3) is 0 Å². The summed E-state index contributed by atoms with van der Waals surface area (Å²) in [5.74, 6) is -1.02. The van der Waals surface area contributed by atoms with Crippen LogP contribution < -0.4 is 10.5 Å². The van der Waals surface area contributed by atoms with Crippen molar-refractivity contribution < 1.29 is 18.7 Å². The van der Waals surface area contributed by atoms with Crippen LogP contribution in [0.25, 0.3) is 0 Å². The van der Waals surface area contributed by atoms with Crippen molar-refractivity contribution in [2.45, 2.75) is 6.04 Å². The molecule has 15 heavy (non-hydrogen) atoms. The van der Waals surface area contributed by atoms with Crippen LogP contribution in [0.4, 0.5) is 4.39 Å². The topological polar surface area (TPSA) is 61.5 Å². The van der Waals surface area contributed by atoms with Crippen LogP contribution in [0.15, 0.2) is 24.3 Å². The van der Waals surface area contributed by atoms with Crippen molar-refractivity contribution >= 4 is 5.97 Å². The predicted octanol–water partition coefficient (Wildman–Crippen LogP) is 0.705. The second-order valence-electron chi connectivity index (χ2n) is 2.87. The van der Waals surface area contributed by atoms with Gasteiger partial charge in [-0.15, -0.1) is 0 Å². The van der Waals surface area contributed by atoms with Crippen LogP contribution in [0, 0.1) is 5.82 Å². The fourth-order valence-corrected chi connectivity index (χ4v) is 0.961. The highest BCUT2D eigenvalue weighted by Crippen LogP contribution is 2.15. The van der Waals surface area contributed by atoms with Gasteiger partial charge in [-0.1, -0.05) is 12.1 Å². The maximum Gasteiger partial charge on any atom is 0.326 e. The van der Waals surface area contributed by atoms with Crippen molar-refractivity contribution in [2.24, 2.45) is 5.73 Å². The van der Waals surface area contributed by atoms with Gasteiger partial charge >= 0.3 is 5.97 Å². The first-order chi connectivity index (χ1) is 7.15. The van der Waals surface area contributed by atoms with Gasteiger partial charge < -0.3 is 15.2 Å². The SMILES string of the molecule is COC(=O)[C@@H](N)COc1ccccc1F. The molecule has 4 nitrogen and oxygen atoms in total. The van der Waals surface area contributed by atoms with Crippen LogP contribution in [-0.4, -0.2) is 25.7 Å². The number of carbonyl (C=O) groups is 1. The number of hydrogen-bond donors (Lipinski definition) is 1. The molecule has 0 radical (unpaired) electrons. The average Bonchev–Trinajstić information content (AvgIpc) is 2.26. The molecule has 0 saturated carbocycles. The molecule has 1 aromatic rings. The number of benzene rings is 1. The van der Waals surface area contributed by atoms with Gasteiger partial charge in [0.15, 0.2) is 11.6 Å². The summed E-state index contributed by atoms with van der Waals surface area (Å²) in [6, 6.07) is 4.98. The normalized spacial score (nSPS) is 11.9.